The number of rotatable bonds is 7. The van der Waals surface area contributed by atoms with E-state index in [0.717, 1.165) is 5.56 Å². The molecule has 0 unspecified atom stereocenters. The van der Waals surface area contributed by atoms with Crippen molar-refractivity contribution in [3.8, 4) is 6.07 Å². The van der Waals surface area contributed by atoms with Crippen molar-refractivity contribution in [2.24, 2.45) is 0 Å². The first-order chi connectivity index (χ1) is 12.0. The van der Waals surface area contributed by atoms with E-state index in [2.05, 4.69) is 16.7 Å². The maximum absolute atomic E-state index is 12.0. The van der Waals surface area contributed by atoms with Crippen molar-refractivity contribution in [3.05, 3.63) is 63.7 Å². The minimum atomic E-state index is -0.424. The average Bonchev–Trinajstić information content (AvgIpc) is 2.61. The van der Waals surface area contributed by atoms with Crippen molar-refractivity contribution >= 4 is 23.0 Å². The molecule has 25 heavy (non-hydrogen) atoms. The quantitative estimate of drug-likeness (QED) is 0.595. The predicted molar refractivity (Wildman–Crippen MR) is 95.4 cm³/mol. The van der Waals surface area contributed by atoms with Crippen LogP contribution >= 0.6 is 0 Å². The van der Waals surface area contributed by atoms with E-state index in [4.69, 9.17) is 5.26 Å². The van der Waals surface area contributed by atoms with Crippen LogP contribution in [0.1, 0.15) is 18.1 Å². The number of hydrogen-bond acceptors (Lipinski definition) is 5. The van der Waals surface area contributed by atoms with Crippen molar-refractivity contribution in [1.82, 2.24) is 0 Å². The molecule has 0 heterocycles. The van der Waals surface area contributed by atoms with Gasteiger partial charge in [0.25, 0.3) is 5.69 Å². The Kier molecular flexibility index (Phi) is 6.07. The first-order valence-electron chi connectivity index (χ1n) is 7.80. The van der Waals surface area contributed by atoms with Gasteiger partial charge in [0.2, 0.25) is 5.91 Å². The lowest BCUT2D eigenvalue weighted by Gasteiger charge is -2.09. The molecule has 0 atom stereocenters. The Morgan fingerprint density at radius 1 is 1.20 bits per heavy atom. The Labute approximate surface area is 145 Å². The fourth-order valence-corrected chi connectivity index (χ4v) is 2.33. The molecule has 1 amide bonds. The van der Waals surface area contributed by atoms with Crippen LogP contribution in [0.4, 0.5) is 17.1 Å². The van der Waals surface area contributed by atoms with Crippen LogP contribution in [0.25, 0.3) is 0 Å². The monoisotopic (exact) mass is 338 g/mol. The Balaban J connectivity index is 1.94. The van der Waals surface area contributed by atoms with Crippen LogP contribution < -0.4 is 10.6 Å². The summed E-state index contributed by atoms with van der Waals surface area (Å²) >= 11 is 0. The molecule has 0 aliphatic carbocycles. The van der Waals surface area contributed by atoms with Gasteiger partial charge in [-0.25, -0.2) is 0 Å². The lowest BCUT2D eigenvalue weighted by Crippen LogP contribution is -2.21. The zero-order valence-corrected chi connectivity index (χ0v) is 13.8. The van der Waals surface area contributed by atoms with Gasteiger partial charge in [-0.15, -0.1) is 0 Å². The normalized spacial score (nSPS) is 9.92. The molecule has 0 radical (unpaired) electrons. The van der Waals surface area contributed by atoms with E-state index in [1.54, 1.807) is 36.4 Å². The van der Waals surface area contributed by atoms with E-state index in [9.17, 15) is 14.9 Å². The molecule has 0 aliphatic heterocycles. The highest BCUT2D eigenvalue weighted by molar-refractivity contribution is 5.93. The van der Waals surface area contributed by atoms with E-state index >= 15 is 0 Å². The number of nitrogens with one attached hydrogen (secondary N) is 2. The zero-order valence-electron chi connectivity index (χ0n) is 13.8. The predicted octanol–water partition coefficient (Wildman–Crippen LogP) is 3.27. The summed E-state index contributed by atoms with van der Waals surface area (Å²) in [6, 6.07) is 13.9. The van der Waals surface area contributed by atoms with Crippen LogP contribution in [-0.2, 0) is 17.6 Å². The summed E-state index contributed by atoms with van der Waals surface area (Å²) in [5, 5.41) is 25.3. The highest BCUT2D eigenvalue weighted by atomic mass is 16.6. The van der Waals surface area contributed by atoms with Crippen molar-refractivity contribution < 1.29 is 9.72 Å². The molecule has 0 aliphatic rings. The van der Waals surface area contributed by atoms with E-state index < -0.39 is 4.92 Å². The van der Waals surface area contributed by atoms with E-state index in [0.29, 0.717) is 29.8 Å². The van der Waals surface area contributed by atoms with Crippen LogP contribution in [0.5, 0.6) is 0 Å². The maximum Gasteiger partial charge on any atom is 0.274 e. The Hall–Kier alpha value is -3.40. The Bertz CT molecular complexity index is 810. The number of carbonyl (C=O) groups excluding carboxylic acids is 1. The molecule has 2 N–H and O–H groups in total. The zero-order chi connectivity index (χ0) is 18.2. The number of amides is 1. The highest BCUT2D eigenvalue weighted by Gasteiger charge is 2.13. The van der Waals surface area contributed by atoms with E-state index in [1.165, 1.54) is 6.07 Å². The van der Waals surface area contributed by atoms with Gasteiger partial charge in [0.05, 0.1) is 24.0 Å². The average molecular weight is 338 g/mol. The molecular weight excluding hydrogens is 320 g/mol. The van der Waals surface area contributed by atoms with E-state index in [1.807, 2.05) is 6.92 Å². The van der Waals surface area contributed by atoms with E-state index in [-0.39, 0.29) is 18.1 Å². The molecule has 0 saturated heterocycles. The first kappa shape index (κ1) is 17.9. The van der Waals surface area contributed by atoms with Crippen LogP contribution in [0.3, 0.4) is 0 Å². The second-order valence-corrected chi connectivity index (χ2v) is 5.39. The number of nitriles is 1. The fourth-order valence-electron chi connectivity index (χ4n) is 2.33. The van der Waals surface area contributed by atoms with Gasteiger partial charge >= 0.3 is 0 Å². The highest BCUT2D eigenvalue weighted by Crippen LogP contribution is 2.23. The smallest absolute Gasteiger partial charge is 0.274 e. The first-order valence-corrected chi connectivity index (χ1v) is 7.80. The van der Waals surface area contributed by atoms with Crippen LogP contribution in [0.15, 0.2) is 42.5 Å². The molecule has 128 valence electrons. The molecule has 0 saturated carbocycles. The van der Waals surface area contributed by atoms with Crippen molar-refractivity contribution in [3.63, 3.8) is 0 Å². The minimum absolute atomic E-state index is 0.0113. The lowest BCUT2D eigenvalue weighted by atomic mass is 10.1. The molecule has 0 spiro atoms. The van der Waals surface area contributed by atoms with Gasteiger partial charge in [-0.05, 0) is 30.2 Å². The topological polar surface area (TPSA) is 108 Å². The number of anilines is 2. The Morgan fingerprint density at radius 3 is 2.48 bits per heavy atom. The van der Waals surface area contributed by atoms with Gasteiger partial charge in [-0.1, -0.05) is 25.1 Å². The second kappa shape index (κ2) is 8.45. The van der Waals surface area contributed by atoms with Crippen LogP contribution in [-0.4, -0.2) is 17.4 Å². The number of carbonyl (C=O) groups is 1. The number of hydrogen-bond donors (Lipinski definition) is 2. The maximum atomic E-state index is 12.0. The van der Waals surface area contributed by atoms with Crippen molar-refractivity contribution in [1.29, 1.82) is 5.26 Å². The summed E-state index contributed by atoms with van der Waals surface area (Å²) < 4.78 is 0. The summed E-state index contributed by atoms with van der Waals surface area (Å²) in [6.45, 7) is 1.84. The lowest BCUT2D eigenvalue weighted by molar-refractivity contribution is -0.385. The molecule has 7 nitrogen and oxygen atoms in total. The van der Waals surface area contributed by atoms with Gasteiger partial charge in [-0.2, -0.15) is 5.26 Å². The number of nitro benzene ring substituents is 1. The molecule has 7 heteroatoms. The largest absolute Gasteiger partial charge is 0.376 e. The number of nitro groups is 1. The molecule has 2 aromatic rings. The van der Waals surface area contributed by atoms with Gasteiger partial charge in [0.1, 0.15) is 0 Å². The van der Waals surface area contributed by atoms with Gasteiger partial charge < -0.3 is 10.6 Å². The standard InChI is InChI=1S/C18H18N4O3/c1-2-14-5-8-16(11-17(14)22(24)25)20-12-18(23)21-15-6-3-13(4-7-15)9-10-19/h3-8,11,20H,2,9,12H2,1H3,(H,21,23). The molecule has 2 aromatic carbocycles. The number of aryl methyl sites for hydroxylation is 1. The Morgan fingerprint density at radius 2 is 1.88 bits per heavy atom. The van der Waals surface area contributed by atoms with Gasteiger partial charge in [-0.3, -0.25) is 14.9 Å². The molecule has 0 bridgehead atoms. The number of nitrogens with zero attached hydrogens (tertiary/aromatic N) is 2. The SMILES string of the molecule is CCc1ccc(NCC(=O)Nc2ccc(CC#N)cc2)cc1[N+](=O)[O-]. The summed E-state index contributed by atoms with van der Waals surface area (Å²) in [6.07, 6.45) is 0.890. The van der Waals surface area contributed by atoms with Gasteiger partial charge in [0.15, 0.2) is 0 Å². The molecule has 2 rings (SSSR count). The van der Waals surface area contributed by atoms with Crippen molar-refractivity contribution in [2.75, 3.05) is 17.2 Å². The third-order valence-corrected chi connectivity index (χ3v) is 3.64. The summed E-state index contributed by atoms with van der Waals surface area (Å²) in [4.78, 5) is 22.6. The summed E-state index contributed by atoms with van der Waals surface area (Å²) in [5.41, 5.74) is 2.71. The molecule has 0 aromatic heterocycles. The van der Waals surface area contributed by atoms with Gasteiger partial charge in [0, 0.05) is 23.0 Å². The van der Waals surface area contributed by atoms with Crippen molar-refractivity contribution in [2.45, 2.75) is 19.8 Å². The molecular formula is C18H18N4O3. The fraction of sp³-hybridized carbons (Fsp3) is 0.222. The summed E-state index contributed by atoms with van der Waals surface area (Å²) in [7, 11) is 0. The third-order valence-electron chi connectivity index (χ3n) is 3.64. The molecule has 0 fully saturated rings. The number of benzene rings is 2. The third kappa shape index (κ3) is 5.04. The van der Waals surface area contributed by atoms with Crippen LogP contribution in [0, 0.1) is 21.4 Å². The summed E-state index contributed by atoms with van der Waals surface area (Å²) in [5.74, 6) is -0.268. The second-order valence-electron chi connectivity index (χ2n) is 5.39. The minimum Gasteiger partial charge on any atom is -0.376 e. The van der Waals surface area contributed by atoms with Crippen LogP contribution in [0.2, 0.25) is 0 Å².